The monoisotopic (exact) mass is 567 g/mol. The van der Waals surface area contributed by atoms with Gasteiger partial charge in [-0.05, 0) is 54.7 Å². The minimum absolute atomic E-state index is 0.0555. The predicted octanol–water partition coefficient (Wildman–Crippen LogP) is 2.70. The molecule has 2 N–H and O–H groups in total. The fourth-order valence-electron chi connectivity index (χ4n) is 5.16. The first kappa shape index (κ1) is 25.4. The predicted molar refractivity (Wildman–Crippen MR) is 150 cm³/mol. The number of H-pyrrole nitrogens is 1. The van der Waals surface area contributed by atoms with Crippen LogP contribution in [0.3, 0.4) is 0 Å². The number of aromatic hydroxyl groups is 1. The van der Waals surface area contributed by atoms with Crippen LogP contribution in [0, 0.1) is 0 Å². The standard InChI is InChI=1S/C28H25N9O5/c1-14(2)18-11-19(21(38)12-22(18)42-26(39)23-25-31-33-34(3)28(41)36(25)13-29-23)24-30-32-27(40)37(24)17-6-7-20-15(10-17)8-9-35(20)16-4-5-16/h6-14,16,38H,4-5H2,1-3H3,(H,32,40). The number of phenols is 1. The number of esters is 1. The Bertz CT molecular complexity index is 2160. The molecule has 0 saturated heterocycles. The van der Waals surface area contributed by atoms with Crippen LogP contribution in [0.4, 0.5) is 0 Å². The van der Waals surface area contributed by atoms with Crippen LogP contribution in [0.1, 0.15) is 54.7 Å². The van der Waals surface area contributed by atoms with Crippen LogP contribution in [-0.4, -0.2) is 54.8 Å². The van der Waals surface area contributed by atoms with Gasteiger partial charge in [0, 0.05) is 36.3 Å². The average Bonchev–Trinajstić information content (AvgIpc) is 3.38. The summed E-state index contributed by atoms with van der Waals surface area (Å²) >= 11 is 0. The van der Waals surface area contributed by atoms with Crippen LogP contribution in [-0.2, 0) is 7.05 Å². The van der Waals surface area contributed by atoms with Crippen molar-refractivity contribution >= 4 is 22.5 Å². The number of imidazole rings is 1. The Morgan fingerprint density at radius 3 is 2.71 bits per heavy atom. The molecule has 14 nitrogen and oxygen atoms in total. The van der Waals surface area contributed by atoms with E-state index in [1.165, 1.54) is 24.0 Å². The molecule has 6 aromatic rings. The summed E-state index contributed by atoms with van der Waals surface area (Å²) in [6, 6.07) is 11.2. The molecule has 0 atom stereocenters. The van der Waals surface area contributed by atoms with E-state index in [0.29, 0.717) is 17.3 Å². The zero-order chi connectivity index (χ0) is 29.3. The second kappa shape index (κ2) is 9.26. The fraction of sp³-hybridized carbons (Fsp3) is 0.250. The third-order valence-corrected chi connectivity index (χ3v) is 7.46. The van der Waals surface area contributed by atoms with Gasteiger partial charge in [-0.2, -0.15) is 9.78 Å². The molecular weight excluding hydrogens is 542 g/mol. The summed E-state index contributed by atoms with van der Waals surface area (Å²) in [6.45, 7) is 3.79. The quantitative estimate of drug-likeness (QED) is 0.227. The van der Waals surface area contributed by atoms with Gasteiger partial charge in [0.05, 0.1) is 11.3 Å². The van der Waals surface area contributed by atoms with Gasteiger partial charge >= 0.3 is 17.3 Å². The second-order valence-corrected chi connectivity index (χ2v) is 10.6. The first-order valence-corrected chi connectivity index (χ1v) is 13.4. The molecule has 4 aromatic heterocycles. The van der Waals surface area contributed by atoms with Gasteiger partial charge in [-0.15, -0.1) is 5.10 Å². The van der Waals surface area contributed by atoms with E-state index in [1.54, 1.807) is 6.07 Å². The summed E-state index contributed by atoms with van der Waals surface area (Å²) in [5.74, 6) is -1.01. The minimum atomic E-state index is -0.878. The molecule has 1 saturated carbocycles. The van der Waals surface area contributed by atoms with Crippen molar-refractivity contribution in [2.24, 2.45) is 7.05 Å². The summed E-state index contributed by atoms with van der Waals surface area (Å²) in [4.78, 5) is 42.3. The van der Waals surface area contributed by atoms with E-state index < -0.39 is 17.3 Å². The molecule has 1 fully saturated rings. The normalized spacial score (nSPS) is 13.4. The molecule has 212 valence electrons. The maximum Gasteiger partial charge on any atom is 0.366 e. The molecule has 1 aliphatic rings. The Labute approximate surface area is 236 Å². The van der Waals surface area contributed by atoms with E-state index in [2.05, 4.69) is 36.3 Å². The summed E-state index contributed by atoms with van der Waals surface area (Å²) in [7, 11) is 1.43. The average molecular weight is 568 g/mol. The van der Waals surface area contributed by atoms with Crippen LogP contribution < -0.4 is 16.1 Å². The van der Waals surface area contributed by atoms with E-state index in [9.17, 15) is 19.5 Å². The second-order valence-electron chi connectivity index (χ2n) is 10.6. The van der Waals surface area contributed by atoms with Crippen LogP contribution in [0.25, 0.3) is 33.6 Å². The number of benzene rings is 2. The highest BCUT2D eigenvalue weighted by Crippen LogP contribution is 2.40. The molecule has 42 heavy (non-hydrogen) atoms. The number of aromatic amines is 1. The summed E-state index contributed by atoms with van der Waals surface area (Å²) < 4.78 is 11.4. The number of phenolic OH excluding ortho intramolecular Hbond substituents is 1. The maximum atomic E-state index is 13.1. The van der Waals surface area contributed by atoms with Crippen LogP contribution >= 0.6 is 0 Å². The Kier molecular flexibility index (Phi) is 5.61. The van der Waals surface area contributed by atoms with E-state index in [1.807, 2.05) is 38.1 Å². The highest BCUT2D eigenvalue weighted by molar-refractivity contribution is 5.95. The third-order valence-electron chi connectivity index (χ3n) is 7.46. The molecule has 14 heteroatoms. The number of aryl methyl sites for hydroxylation is 1. The maximum absolute atomic E-state index is 13.1. The molecule has 1 aliphatic carbocycles. The molecule has 0 radical (unpaired) electrons. The Morgan fingerprint density at radius 2 is 1.95 bits per heavy atom. The molecule has 2 aromatic carbocycles. The lowest BCUT2D eigenvalue weighted by molar-refractivity contribution is 0.0729. The van der Waals surface area contributed by atoms with E-state index >= 15 is 0 Å². The van der Waals surface area contributed by atoms with Gasteiger partial charge in [-0.3, -0.25) is 0 Å². The first-order valence-electron chi connectivity index (χ1n) is 13.4. The number of carbonyl (C=O) groups is 1. The Balaban J connectivity index is 1.27. The number of nitrogens with zero attached hydrogens (tertiary/aromatic N) is 8. The lowest BCUT2D eigenvalue weighted by Gasteiger charge is -2.16. The van der Waals surface area contributed by atoms with Crippen molar-refractivity contribution in [3.05, 3.63) is 81.1 Å². The van der Waals surface area contributed by atoms with Crippen molar-refractivity contribution < 1.29 is 14.6 Å². The van der Waals surface area contributed by atoms with E-state index in [-0.39, 0.29) is 40.1 Å². The molecule has 4 heterocycles. The zero-order valence-corrected chi connectivity index (χ0v) is 22.8. The molecule has 0 unspecified atom stereocenters. The highest BCUT2D eigenvalue weighted by atomic mass is 16.5. The van der Waals surface area contributed by atoms with Gasteiger partial charge in [0.15, 0.2) is 17.2 Å². The smallest absolute Gasteiger partial charge is 0.366 e. The van der Waals surface area contributed by atoms with Gasteiger partial charge in [0.2, 0.25) is 0 Å². The number of fused-ring (bicyclic) bond motifs is 2. The van der Waals surface area contributed by atoms with Gasteiger partial charge < -0.3 is 14.4 Å². The summed E-state index contributed by atoms with van der Waals surface area (Å²) in [5.41, 5.74) is 1.27. The van der Waals surface area contributed by atoms with Gasteiger partial charge in [-0.1, -0.05) is 19.1 Å². The van der Waals surface area contributed by atoms with Crippen molar-refractivity contribution in [2.45, 2.75) is 38.6 Å². The van der Waals surface area contributed by atoms with Crippen molar-refractivity contribution in [2.75, 3.05) is 0 Å². The third kappa shape index (κ3) is 3.98. The SMILES string of the molecule is CC(C)c1cc(-c2n[nH]c(=O)n2-c2ccc3c(ccn3C3CC3)c2)c(O)cc1OC(=O)c1ncn2c(=O)n(C)nnc12. The number of aromatic nitrogens is 9. The molecule has 0 spiro atoms. The lowest BCUT2D eigenvalue weighted by Crippen LogP contribution is -2.27. The largest absolute Gasteiger partial charge is 0.507 e. The van der Waals surface area contributed by atoms with Crippen molar-refractivity contribution in [3.63, 3.8) is 0 Å². The van der Waals surface area contributed by atoms with E-state index in [0.717, 1.165) is 32.8 Å². The van der Waals surface area contributed by atoms with Crippen LogP contribution in [0.15, 0.2) is 58.5 Å². The molecule has 0 aliphatic heterocycles. The van der Waals surface area contributed by atoms with Crippen LogP contribution in [0.5, 0.6) is 11.5 Å². The summed E-state index contributed by atoms with van der Waals surface area (Å²) in [5, 5.41) is 26.4. The Hall–Kier alpha value is -5.53. The zero-order valence-electron chi connectivity index (χ0n) is 22.8. The minimum Gasteiger partial charge on any atom is -0.507 e. The number of hydrogen-bond acceptors (Lipinski definition) is 9. The number of nitrogens with one attached hydrogen (secondary N) is 1. The first-order chi connectivity index (χ1) is 20.2. The van der Waals surface area contributed by atoms with Gasteiger partial charge in [0.1, 0.15) is 17.8 Å². The van der Waals surface area contributed by atoms with Gasteiger partial charge in [-0.25, -0.2) is 33.4 Å². The van der Waals surface area contributed by atoms with E-state index in [4.69, 9.17) is 4.74 Å². The number of ether oxygens (including phenoxy) is 1. The van der Waals surface area contributed by atoms with Crippen LogP contribution in [0.2, 0.25) is 0 Å². The summed E-state index contributed by atoms with van der Waals surface area (Å²) in [6.07, 6.45) is 5.55. The van der Waals surface area contributed by atoms with Crippen molar-refractivity contribution in [1.82, 2.24) is 43.7 Å². The number of carbonyl (C=O) groups excluding carboxylic acids is 1. The molecular formula is C28H25N9O5. The fourth-order valence-corrected chi connectivity index (χ4v) is 5.16. The molecule has 0 bridgehead atoms. The molecule has 0 amide bonds. The Morgan fingerprint density at radius 1 is 1.14 bits per heavy atom. The molecule has 7 rings (SSSR count). The van der Waals surface area contributed by atoms with Crippen molar-refractivity contribution in [3.8, 4) is 28.6 Å². The number of rotatable bonds is 6. The topological polar surface area (TPSA) is 167 Å². The van der Waals surface area contributed by atoms with Gasteiger partial charge in [0.25, 0.3) is 0 Å². The highest BCUT2D eigenvalue weighted by Gasteiger charge is 2.26. The number of hydrogen-bond donors (Lipinski definition) is 2. The lowest BCUT2D eigenvalue weighted by atomic mass is 9.98. The van der Waals surface area contributed by atoms with Crippen molar-refractivity contribution in [1.29, 1.82) is 0 Å².